The molecule has 0 radical (unpaired) electrons. The Labute approximate surface area is 177 Å². The molecule has 1 unspecified atom stereocenters. The third kappa shape index (κ3) is 3.50. The van der Waals surface area contributed by atoms with E-state index in [4.69, 9.17) is 4.98 Å². The van der Waals surface area contributed by atoms with Crippen LogP contribution in [-0.4, -0.2) is 45.8 Å². The summed E-state index contributed by atoms with van der Waals surface area (Å²) in [6.45, 7) is 2.34. The smallest absolute Gasteiger partial charge is 0.328 e. The van der Waals surface area contributed by atoms with Gasteiger partial charge in [0.2, 0.25) is 0 Å². The van der Waals surface area contributed by atoms with Crippen molar-refractivity contribution in [2.24, 2.45) is 0 Å². The average Bonchev–Trinajstić information content (AvgIpc) is 3.41. The third-order valence-electron chi connectivity index (χ3n) is 5.25. The first-order chi connectivity index (χ1) is 15.1. The lowest BCUT2D eigenvalue weighted by atomic mass is 10.1. The summed E-state index contributed by atoms with van der Waals surface area (Å²) in [5.74, 6) is -0.909. The number of hydrogen-bond donors (Lipinski definition) is 1. The van der Waals surface area contributed by atoms with Crippen LogP contribution in [0.2, 0.25) is 0 Å². The van der Waals surface area contributed by atoms with Gasteiger partial charge < -0.3 is 5.11 Å². The standard InChI is InChI=1S/C22H19N7O2/c1-2-20(22(30)31)28-13-16(11-24-28)18-7-8-19-21(25-18)29(27-26-19)12-14-5-6-17-15(10-14)4-3-9-23-17/h3-11,13,20H,2,12H2,1H3,(H,30,31). The molecule has 31 heavy (non-hydrogen) atoms. The van der Waals surface area contributed by atoms with E-state index in [9.17, 15) is 9.90 Å². The fourth-order valence-electron chi connectivity index (χ4n) is 3.63. The average molecular weight is 413 g/mol. The molecule has 5 aromatic rings. The molecule has 0 bridgehead atoms. The van der Waals surface area contributed by atoms with Crippen molar-refractivity contribution >= 4 is 28.0 Å². The van der Waals surface area contributed by atoms with E-state index in [1.807, 2.05) is 43.3 Å². The molecule has 154 valence electrons. The van der Waals surface area contributed by atoms with Gasteiger partial charge in [0.25, 0.3) is 0 Å². The molecule has 9 heteroatoms. The summed E-state index contributed by atoms with van der Waals surface area (Å²) in [6, 6.07) is 13.0. The number of fused-ring (bicyclic) bond motifs is 2. The maximum Gasteiger partial charge on any atom is 0.328 e. The molecule has 0 spiro atoms. The van der Waals surface area contributed by atoms with E-state index in [1.54, 1.807) is 23.3 Å². The number of aromatic nitrogens is 7. The molecule has 0 aliphatic rings. The van der Waals surface area contributed by atoms with E-state index in [2.05, 4.69) is 26.5 Å². The van der Waals surface area contributed by atoms with Crippen LogP contribution in [0.3, 0.4) is 0 Å². The Morgan fingerprint density at radius 2 is 2.03 bits per heavy atom. The van der Waals surface area contributed by atoms with Crippen molar-refractivity contribution in [2.45, 2.75) is 25.9 Å². The van der Waals surface area contributed by atoms with Crippen molar-refractivity contribution < 1.29 is 9.90 Å². The highest BCUT2D eigenvalue weighted by Crippen LogP contribution is 2.22. The van der Waals surface area contributed by atoms with Gasteiger partial charge >= 0.3 is 5.97 Å². The molecule has 1 atom stereocenters. The molecule has 0 saturated heterocycles. The van der Waals surface area contributed by atoms with Gasteiger partial charge in [0.05, 0.1) is 24.0 Å². The number of rotatable bonds is 6. The van der Waals surface area contributed by atoms with E-state index in [1.165, 1.54) is 4.68 Å². The number of hydrogen-bond acceptors (Lipinski definition) is 6. The first kappa shape index (κ1) is 18.9. The predicted molar refractivity (Wildman–Crippen MR) is 114 cm³/mol. The predicted octanol–water partition coefficient (Wildman–Crippen LogP) is 3.32. The van der Waals surface area contributed by atoms with E-state index in [0.29, 0.717) is 29.8 Å². The van der Waals surface area contributed by atoms with Crippen LogP contribution in [0.5, 0.6) is 0 Å². The Hall–Kier alpha value is -4.14. The van der Waals surface area contributed by atoms with Crippen LogP contribution < -0.4 is 0 Å². The van der Waals surface area contributed by atoms with Crippen molar-refractivity contribution in [2.75, 3.05) is 0 Å². The summed E-state index contributed by atoms with van der Waals surface area (Å²) in [6.07, 6.45) is 5.56. The molecule has 5 rings (SSSR count). The zero-order chi connectivity index (χ0) is 21.4. The lowest BCUT2D eigenvalue weighted by Crippen LogP contribution is -2.18. The van der Waals surface area contributed by atoms with Crippen molar-refractivity contribution in [3.05, 3.63) is 66.6 Å². The minimum absolute atomic E-state index is 0.445. The third-order valence-corrected chi connectivity index (χ3v) is 5.25. The van der Waals surface area contributed by atoms with Gasteiger partial charge in [-0.2, -0.15) is 5.10 Å². The topological polar surface area (TPSA) is 112 Å². The van der Waals surface area contributed by atoms with Crippen molar-refractivity contribution in [3.8, 4) is 11.3 Å². The van der Waals surface area contributed by atoms with Crippen LogP contribution in [0.25, 0.3) is 33.3 Å². The quantitative estimate of drug-likeness (QED) is 0.454. The second kappa shape index (κ2) is 7.60. The number of benzene rings is 1. The summed E-state index contributed by atoms with van der Waals surface area (Å²) in [7, 11) is 0. The second-order valence-corrected chi connectivity index (χ2v) is 7.29. The molecule has 1 aromatic carbocycles. The van der Waals surface area contributed by atoms with Crippen molar-refractivity contribution in [3.63, 3.8) is 0 Å². The molecule has 0 saturated carbocycles. The fraction of sp³-hybridized carbons (Fsp3) is 0.182. The summed E-state index contributed by atoms with van der Waals surface area (Å²) in [5.41, 5.74) is 4.78. The van der Waals surface area contributed by atoms with Gasteiger partial charge in [-0.15, -0.1) is 5.10 Å². The van der Waals surface area contributed by atoms with Crippen LogP contribution in [-0.2, 0) is 11.3 Å². The summed E-state index contributed by atoms with van der Waals surface area (Å²) in [4.78, 5) is 20.5. The van der Waals surface area contributed by atoms with Crippen LogP contribution in [0.4, 0.5) is 0 Å². The maximum absolute atomic E-state index is 11.4. The molecule has 4 aromatic heterocycles. The van der Waals surface area contributed by atoms with E-state index in [0.717, 1.165) is 22.0 Å². The largest absolute Gasteiger partial charge is 0.480 e. The molecule has 0 aliphatic heterocycles. The molecular formula is C22H19N7O2. The van der Waals surface area contributed by atoms with Crippen LogP contribution >= 0.6 is 0 Å². The number of aliphatic carboxylic acids is 1. The maximum atomic E-state index is 11.4. The molecular weight excluding hydrogens is 394 g/mol. The van der Waals surface area contributed by atoms with Crippen molar-refractivity contribution in [1.82, 2.24) is 34.7 Å². The number of carboxylic acids is 1. The van der Waals surface area contributed by atoms with Crippen LogP contribution in [0, 0.1) is 0 Å². The summed E-state index contributed by atoms with van der Waals surface area (Å²) in [5, 5.41) is 23.1. The summed E-state index contributed by atoms with van der Waals surface area (Å²) >= 11 is 0. The summed E-state index contributed by atoms with van der Waals surface area (Å²) < 4.78 is 3.22. The molecule has 0 amide bonds. The van der Waals surface area contributed by atoms with Gasteiger partial charge in [-0.3, -0.25) is 9.67 Å². The molecule has 1 N–H and O–H groups in total. The molecule has 4 heterocycles. The highest BCUT2D eigenvalue weighted by atomic mass is 16.4. The Bertz CT molecular complexity index is 1410. The van der Waals surface area contributed by atoms with Crippen molar-refractivity contribution in [1.29, 1.82) is 0 Å². The Morgan fingerprint density at radius 1 is 1.16 bits per heavy atom. The number of pyridine rings is 2. The second-order valence-electron chi connectivity index (χ2n) is 7.29. The van der Waals surface area contributed by atoms with Gasteiger partial charge in [-0.1, -0.05) is 24.3 Å². The van der Waals surface area contributed by atoms with Gasteiger partial charge in [-0.25, -0.2) is 14.5 Å². The van der Waals surface area contributed by atoms with E-state index in [-0.39, 0.29) is 0 Å². The first-order valence-electron chi connectivity index (χ1n) is 9.93. The van der Waals surface area contributed by atoms with Gasteiger partial charge in [0.15, 0.2) is 5.65 Å². The lowest BCUT2D eigenvalue weighted by Gasteiger charge is -2.09. The SMILES string of the molecule is CCC(C(=O)O)n1cc(-c2ccc3nnn(Cc4ccc5ncccc5c4)c3n2)cn1. The Morgan fingerprint density at radius 3 is 2.87 bits per heavy atom. The zero-order valence-electron chi connectivity index (χ0n) is 16.8. The molecule has 9 nitrogen and oxygen atoms in total. The monoisotopic (exact) mass is 413 g/mol. The Balaban J connectivity index is 1.48. The first-order valence-corrected chi connectivity index (χ1v) is 9.93. The van der Waals surface area contributed by atoms with E-state index < -0.39 is 12.0 Å². The normalized spacial score (nSPS) is 12.4. The Kier molecular flexibility index (Phi) is 4.62. The highest BCUT2D eigenvalue weighted by molar-refractivity contribution is 5.79. The zero-order valence-corrected chi connectivity index (χ0v) is 16.8. The fourth-order valence-corrected chi connectivity index (χ4v) is 3.63. The van der Waals surface area contributed by atoms with Gasteiger partial charge in [-0.05, 0) is 42.3 Å². The number of nitrogens with zero attached hydrogens (tertiary/aromatic N) is 7. The highest BCUT2D eigenvalue weighted by Gasteiger charge is 2.19. The van der Waals surface area contributed by atoms with Crippen LogP contribution in [0.15, 0.2) is 61.1 Å². The molecule has 0 fully saturated rings. The number of carbonyl (C=O) groups is 1. The van der Waals surface area contributed by atoms with Crippen LogP contribution in [0.1, 0.15) is 24.9 Å². The van der Waals surface area contributed by atoms with Gasteiger partial charge in [0, 0.05) is 23.3 Å². The lowest BCUT2D eigenvalue weighted by molar-refractivity contribution is -0.141. The van der Waals surface area contributed by atoms with E-state index >= 15 is 0 Å². The minimum atomic E-state index is -0.909. The number of carboxylic acid groups (broad SMARTS) is 1. The minimum Gasteiger partial charge on any atom is -0.480 e. The molecule has 0 aliphatic carbocycles. The van der Waals surface area contributed by atoms with Gasteiger partial charge in [0.1, 0.15) is 11.6 Å².